The van der Waals surface area contributed by atoms with Crippen molar-refractivity contribution < 1.29 is 5.11 Å². The monoisotopic (exact) mass is 222 g/mol. The second kappa shape index (κ2) is 8.54. The van der Waals surface area contributed by atoms with Gasteiger partial charge in [-0.1, -0.05) is 42.1 Å². The Morgan fingerprint density at radius 1 is 1.18 bits per heavy atom. The molecule has 1 atom stereocenters. The van der Waals surface area contributed by atoms with Gasteiger partial charge >= 0.3 is 0 Å². The molecule has 1 N–H and O–H groups in total. The SMILES string of the molecule is C[C@@H](CCO)CCCCCBr. The molecule has 2 heteroatoms. The summed E-state index contributed by atoms with van der Waals surface area (Å²) < 4.78 is 0. The fourth-order valence-electron chi connectivity index (χ4n) is 1.13. The molecule has 68 valence electrons. The van der Waals surface area contributed by atoms with E-state index in [1.165, 1.54) is 25.7 Å². The Morgan fingerprint density at radius 2 is 1.91 bits per heavy atom. The first-order valence-corrected chi connectivity index (χ1v) is 5.60. The maximum Gasteiger partial charge on any atom is 0.0433 e. The fraction of sp³-hybridized carbons (Fsp3) is 1.00. The molecule has 0 saturated heterocycles. The van der Waals surface area contributed by atoms with Gasteiger partial charge in [0.1, 0.15) is 0 Å². The third-order valence-electron chi connectivity index (χ3n) is 1.95. The Morgan fingerprint density at radius 3 is 2.45 bits per heavy atom. The molecule has 0 unspecified atom stereocenters. The lowest BCUT2D eigenvalue weighted by atomic mass is 10.0. The van der Waals surface area contributed by atoms with Crippen molar-refractivity contribution in [3.8, 4) is 0 Å². The highest BCUT2D eigenvalue weighted by Gasteiger charge is 1.99. The molecule has 1 nitrogen and oxygen atoms in total. The van der Waals surface area contributed by atoms with Crippen molar-refractivity contribution in [1.29, 1.82) is 0 Å². The standard InChI is InChI=1S/C9H19BrO/c1-9(6-8-11)5-3-2-4-7-10/h9,11H,2-8H2,1H3/t9-/m1/s1. The van der Waals surface area contributed by atoms with E-state index in [2.05, 4.69) is 22.9 Å². The van der Waals surface area contributed by atoms with Crippen LogP contribution in [-0.4, -0.2) is 17.0 Å². The van der Waals surface area contributed by atoms with Gasteiger partial charge in [0.05, 0.1) is 0 Å². The molecule has 0 rings (SSSR count). The van der Waals surface area contributed by atoms with Crippen molar-refractivity contribution in [2.24, 2.45) is 5.92 Å². The molecule has 0 aliphatic rings. The van der Waals surface area contributed by atoms with Gasteiger partial charge in [0.25, 0.3) is 0 Å². The Bertz CT molecular complexity index is 76.0. The molecule has 0 aliphatic heterocycles. The second-order valence-electron chi connectivity index (χ2n) is 3.16. The third-order valence-corrected chi connectivity index (χ3v) is 2.51. The molecule has 0 heterocycles. The Kier molecular flexibility index (Phi) is 8.88. The molecule has 0 spiro atoms. The van der Waals surface area contributed by atoms with Gasteiger partial charge in [0, 0.05) is 11.9 Å². The van der Waals surface area contributed by atoms with Crippen molar-refractivity contribution in [1.82, 2.24) is 0 Å². The molecule has 0 aromatic carbocycles. The van der Waals surface area contributed by atoms with Crippen LogP contribution < -0.4 is 0 Å². The average Bonchev–Trinajstić information content (AvgIpc) is 1.99. The minimum atomic E-state index is 0.347. The number of halogens is 1. The van der Waals surface area contributed by atoms with Gasteiger partial charge in [-0.2, -0.15) is 0 Å². The molecule has 0 bridgehead atoms. The zero-order chi connectivity index (χ0) is 8.53. The van der Waals surface area contributed by atoms with E-state index < -0.39 is 0 Å². The molecule has 0 aromatic rings. The van der Waals surface area contributed by atoms with E-state index in [-0.39, 0.29) is 0 Å². The van der Waals surface area contributed by atoms with E-state index in [0.29, 0.717) is 12.5 Å². The predicted molar refractivity (Wildman–Crippen MR) is 53.1 cm³/mol. The number of aliphatic hydroxyl groups is 1. The summed E-state index contributed by atoms with van der Waals surface area (Å²) in [5.41, 5.74) is 0. The molecule has 0 radical (unpaired) electrons. The smallest absolute Gasteiger partial charge is 0.0433 e. The minimum Gasteiger partial charge on any atom is -0.396 e. The summed E-state index contributed by atoms with van der Waals surface area (Å²) in [5, 5.41) is 9.76. The van der Waals surface area contributed by atoms with Crippen molar-refractivity contribution >= 4 is 15.9 Å². The van der Waals surface area contributed by atoms with Crippen LogP contribution in [0.15, 0.2) is 0 Å². The summed E-state index contributed by atoms with van der Waals surface area (Å²) >= 11 is 3.41. The van der Waals surface area contributed by atoms with Crippen molar-refractivity contribution in [3.05, 3.63) is 0 Å². The van der Waals surface area contributed by atoms with E-state index in [9.17, 15) is 0 Å². The van der Waals surface area contributed by atoms with Crippen LogP contribution in [0.5, 0.6) is 0 Å². The highest BCUT2D eigenvalue weighted by molar-refractivity contribution is 9.09. The summed E-state index contributed by atoms with van der Waals surface area (Å²) in [7, 11) is 0. The van der Waals surface area contributed by atoms with Crippen LogP contribution in [0.1, 0.15) is 39.0 Å². The van der Waals surface area contributed by atoms with Crippen molar-refractivity contribution in [2.75, 3.05) is 11.9 Å². The second-order valence-corrected chi connectivity index (χ2v) is 3.95. The lowest BCUT2D eigenvalue weighted by Gasteiger charge is -2.07. The Labute approximate surface area is 78.3 Å². The maximum atomic E-state index is 8.63. The van der Waals surface area contributed by atoms with E-state index in [4.69, 9.17) is 5.11 Å². The molecular formula is C9H19BrO. The summed E-state index contributed by atoms with van der Waals surface area (Å²) in [6.07, 6.45) is 6.15. The lowest BCUT2D eigenvalue weighted by Crippen LogP contribution is -1.97. The molecular weight excluding hydrogens is 204 g/mol. The van der Waals surface area contributed by atoms with E-state index in [0.717, 1.165) is 11.8 Å². The molecule has 0 aromatic heterocycles. The molecule has 11 heavy (non-hydrogen) atoms. The Hall–Kier alpha value is 0.440. The van der Waals surface area contributed by atoms with Gasteiger partial charge < -0.3 is 5.11 Å². The van der Waals surface area contributed by atoms with Gasteiger partial charge in [-0.15, -0.1) is 0 Å². The fourth-order valence-corrected chi connectivity index (χ4v) is 1.53. The van der Waals surface area contributed by atoms with Crippen LogP contribution in [0.3, 0.4) is 0 Å². The predicted octanol–water partition coefficient (Wildman–Crippen LogP) is 2.96. The zero-order valence-corrected chi connectivity index (χ0v) is 8.94. The van der Waals surface area contributed by atoms with Crippen molar-refractivity contribution in [2.45, 2.75) is 39.0 Å². The minimum absolute atomic E-state index is 0.347. The van der Waals surface area contributed by atoms with Gasteiger partial charge in [-0.05, 0) is 18.8 Å². The van der Waals surface area contributed by atoms with Crippen LogP contribution >= 0.6 is 15.9 Å². The van der Waals surface area contributed by atoms with Crippen LogP contribution in [0, 0.1) is 5.92 Å². The number of hydrogen-bond acceptors (Lipinski definition) is 1. The third kappa shape index (κ3) is 8.35. The summed E-state index contributed by atoms with van der Waals surface area (Å²) in [6, 6.07) is 0. The van der Waals surface area contributed by atoms with Crippen LogP contribution in [0.25, 0.3) is 0 Å². The number of hydrogen-bond donors (Lipinski definition) is 1. The van der Waals surface area contributed by atoms with Crippen LogP contribution in [0.2, 0.25) is 0 Å². The first-order valence-electron chi connectivity index (χ1n) is 4.48. The van der Waals surface area contributed by atoms with Crippen LogP contribution in [-0.2, 0) is 0 Å². The summed E-state index contributed by atoms with van der Waals surface area (Å²) in [4.78, 5) is 0. The largest absolute Gasteiger partial charge is 0.396 e. The molecule has 0 fully saturated rings. The first-order chi connectivity index (χ1) is 5.31. The van der Waals surface area contributed by atoms with E-state index >= 15 is 0 Å². The molecule has 0 aliphatic carbocycles. The summed E-state index contributed by atoms with van der Waals surface area (Å²) in [6.45, 7) is 2.56. The molecule has 0 amide bonds. The topological polar surface area (TPSA) is 20.2 Å². The number of rotatable bonds is 7. The number of unbranched alkanes of at least 4 members (excludes halogenated alkanes) is 2. The highest BCUT2D eigenvalue weighted by Crippen LogP contribution is 2.12. The molecule has 0 saturated carbocycles. The van der Waals surface area contributed by atoms with E-state index in [1.807, 2.05) is 0 Å². The van der Waals surface area contributed by atoms with Gasteiger partial charge in [0.2, 0.25) is 0 Å². The van der Waals surface area contributed by atoms with Gasteiger partial charge in [-0.3, -0.25) is 0 Å². The van der Waals surface area contributed by atoms with Gasteiger partial charge in [-0.25, -0.2) is 0 Å². The zero-order valence-electron chi connectivity index (χ0n) is 7.35. The quantitative estimate of drug-likeness (QED) is 0.519. The van der Waals surface area contributed by atoms with Gasteiger partial charge in [0.15, 0.2) is 0 Å². The lowest BCUT2D eigenvalue weighted by molar-refractivity contribution is 0.256. The first kappa shape index (κ1) is 11.4. The number of alkyl halides is 1. The normalized spacial score (nSPS) is 13.4. The Balaban J connectivity index is 2.97. The average molecular weight is 223 g/mol. The summed E-state index contributed by atoms with van der Waals surface area (Å²) in [5.74, 6) is 0.704. The number of aliphatic hydroxyl groups excluding tert-OH is 1. The van der Waals surface area contributed by atoms with Crippen molar-refractivity contribution in [3.63, 3.8) is 0 Å². The van der Waals surface area contributed by atoms with E-state index in [1.54, 1.807) is 0 Å². The van der Waals surface area contributed by atoms with Crippen LogP contribution in [0.4, 0.5) is 0 Å². The maximum absolute atomic E-state index is 8.63. The highest BCUT2D eigenvalue weighted by atomic mass is 79.9.